The van der Waals surface area contributed by atoms with Gasteiger partial charge < -0.3 is 4.74 Å². The maximum atomic E-state index is 11.9. The van der Waals surface area contributed by atoms with Crippen LogP contribution in [0.3, 0.4) is 0 Å². The Kier molecular flexibility index (Phi) is 5.76. The highest BCUT2D eigenvalue weighted by Crippen LogP contribution is 2.11. The zero-order valence-corrected chi connectivity index (χ0v) is 14.1. The van der Waals surface area contributed by atoms with Gasteiger partial charge in [0, 0.05) is 9.13 Å². The first-order valence-corrected chi connectivity index (χ1v) is 7.67. The van der Waals surface area contributed by atoms with Gasteiger partial charge in [0.2, 0.25) is 0 Å². The van der Waals surface area contributed by atoms with Crippen LogP contribution in [0, 0.1) is 10.5 Å². The van der Waals surface area contributed by atoms with Crippen molar-refractivity contribution in [3.05, 3.63) is 63.2 Å². The second-order valence-corrected chi connectivity index (χ2v) is 5.86. The third kappa shape index (κ3) is 5.03. The molecule has 0 aliphatic rings. The molecule has 0 saturated carbocycles. The van der Waals surface area contributed by atoms with Crippen LogP contribution in [-0.4, -0.2) is 18.4 Å². The Hall–Kier alpha value is -2.09. The summed E-state index contributed by atoms with van der Waals surface area (Å²) in [6.45, 7) is 1.77. The summed E-state index contributed by atoms with van der Waals surface area (Å²) in [5.74, 6) is -0.193. The normalized spacial score (nSPS) is 9.91. The topological polar surface area (TPSA) is 67.4 Å². The number of aryl methyl sites for hydroxylation is 1. The van der Waals surface area contributed by atoms with Crippen molar-refractivity contribution < 1.29 is 14.3 Å². The van der Waals surface area contributed by atoms with E-state index in [1.54, 1.807) is 24.3 Å². The predicted octanol–water partition coefficient (Wildman–Crippen LogP) is 2.44. The number of amides is 2. The standard InChI is InChI=1S/C16H15IN2O3/c1-11-4-2-7-14(8-11)22-10-15(20)18-19-16(21)12-5-3-6-13(17)9-12/h2-9H,10H2,1H3,(H,18,20)(H,19,21). The lowest BCUT2D eigenvalue weighted by molar-refractivity contribution is -0.123. The van der Waals surface area contributed by atoms with E-state index in [0.29, 0.717) is 11.3 Å². The minimum atomic E-state index is -0.430. The SMILES string of the molecule is Cc1cccc(OCC(=O)NNC(=O)c2cccc(I)c2)c1. The number of halogens is 1. The molecule has 6 heteroatoms. The average molecular weight is 410 g/mol. The molecule has 2 aromatic rings. The largest absolute Gasteiger partial charge is 0.484 e. The third-order valence-electron chi connectivity index (χ3n) is 2.76. The Morgan fingerprint density at radius 3 is 2.59 bits per heavy atom. The van der Waals surface area contributed by atoms with Crippen LogP contribution in [0.15, 0.2) is 48.5 Å². The van der Waals surface area contributed by atoms with Gasteiger partial charge in [-0.1, -0.05) is 18.2 Å². The molecule has 2 N–H and O–H groups in total. The first-order chi connectivity index (χ1) is 10.5. The molecule has 0 spiro atoms. The fourth-order valence-electron chi connectivity index (χ4n) is 1.72. The molecule has 2 amide bonds. The van der Waals surface area contributed by atoms with E-state index in [1.165, 1.54) is 0 Å². The quantitative estimate of drug-likeness (QED) is 0.601. The lowest BCUT2D eigenvalue weighted by atomic mass is 10.2. The van der Waals surface area contributed by atoms with Crippen LogP contribution in [0.2, 0.25) is 0 Å². The summed E-state index contributed by atoms with van der Waals surface area (Å²) in [6, 6.07) is 14.4. The molecule has 22 heavy (non-hydrogen) atoms. The molecule has 114 valence electrons. The lowest BCUT2D eigenvalue weighted by Gasteiger charge is -2.09. The van der Waals surface area contributed by atoms with Crippen molar-refractivity contribution in [1.29, 1.82) is 0 Å². The van der Waals surface area contributed by atoms with E-state index in [-0.39, 0.29) is 12.5 Å². The fourth-order valence-corrected chi connectivity index (χ4v) is 2.26. The molecular weight excluding hydrogens is 395 g/mol. The van der Waals surface area contributed by atoms with E-state index >= 15 is 0 Å². The monoisotopic (exact) mass is 410 g/mol. The molecule has 0 aromatic heterocycles. The highest BCUT2D eigenvalue weighted by molar-refractivity contribution is 14.1. The number of carbonyl (C=O) groups excluding carboxylic acids is 2. The summed E-state index contributed by atoms with van der Waals surface area (Å²) >= 11 is 2.12. The van der Waals surface area contributed by atoms with Gasteiger partial charge in [0.25, 0.3) is 11.8 Å². The molecular formula is C16H15IN2O3. The maximum Gasteiger partial charge on any atom is 0.276 e. The second kappa shape index (κ2) is 7.79. The van der Waals surface area contributed by atoms with Gasteiger partial charge in [-0.2, -0.15) is 0 Å². The van der Waals surface area contributed by atoms with Crippen LogP contribution in [0.5, 0.6) is 5.75 Å². The molecule has 0 aliphatic heterocycles. The first-order valence-electron chi connectivity index (χ1n) is 6.59. The maximum absolute atomic E-state index is 11.9. The van der Waals surface area contributed by atoms with Gasteiger partial charge in [-0.05, 0) is 65.4 Å². The zero-order valence-electron chi connectivity index (χ0n) is 11.9. The van der Waals surface area contributed by atoms with Crippen molar-refractivity contribution in [3.63, 3.8) is 0 Å². The molecule has 2 aromatic carbocycles. The molecule has 5 nitrogen and oxygen atoms in total. The van der Waals surface area contributed by atoms with Gasteiger partial charge in [-0.25, -0.2) is 0 Å². The van der Waals surface area contributed by atoms with Crippen LogP contribution in [-0.2, 0) is 4.79 Å². The van der Waals surface area contributed by atoms with Crippen LogP contribution in [0.1, 0.15) is 15.9 Å². The number of hydrazine groups is 1. The smallest absolute Gasteiger partial charge is 0.276 e. The summed E-state index contributed by atoms with van der Waals surface area (Å²) in [5.41, 5.74) is 6.20. The van der Waals surface area contributed by atoms with Crippen molar-refractivity contribution in [1.82, 2.24) is 10.9 Å². The number of carbonyl (C=O) groups is 2. The Morgan fingerprint density at radius 1 is 1.09 bits per heavy atom. The van der Waals surface area contributed by atoms with Gasteiger partial charge in [-0.3, -0.25) is 20.4 Å². The average Bonchev–Trinajstić information content (AvgIpc) is 2.50. The van der Waals surface area contributed by atoms with Crippen molar-refractivity contribution in [2.45, 2.75) is 6.92 Å². The molecule has 0 radical (unpaired) electrons. The zero-order chi connectivity index (χ0) is 15.9. The van der Waals surface area contributed by atoms with E-state index in [2.05, 4.69) is 33.4 Å². The number of rotatable bonds is 4. The van der Waals surface area contributed by atoms with Crippen molar-refractivity contribution in [3.8, 4) is 5.75 Å². The minimum absolute atomic E-state index is 0.171. The van der Waals surface area contributed by atoms with E-state index in [1.807, 2.05) is 31.2 Å². The van der Waals surface area contributed by atoms with E-state index in [0.717, 1.165) is 9.13 Å². The highest BCUT2D eigenvalue weighted by atomic mass is 127. The Bertz CT molecular complexity index is 689. The summed E-state index contributed by atoms with van der Waals surface area (Å²) < 4.78 is 6.29. The highest BCUT2D eigenvalue weighted by Gasteiger charge is 2.08. The van der Waals surface area contributed by atoms with E-state index in [9.17, 15) is 9.59 Å². The molecule has 0 heterocycles. The molecule has 2 rings (SSSR count). The number of benzene rings is 2. The molecule has 0 fully saturated rings. The third-order valence-corrected chi connectivity index (χ3v) is 3.43. The van der Waals surface area contributed by atoms with Gasteiger partial charge in [-0.15, -0.1) is 0 Å². The number of nitrogens with one attached hydrogen (secondary N) is 2. The van der Waals surface area contributed by atoms with Crippen molar-refractivity contribution >= 4 is 34.4 Å². The Labute approximate surface area is 142 Å². The number of ether oxygens (including phenoxy) is 1. The lowest BCUT2D eigenvalue weighted by Crippen LogP contribution is -2.43. The summed E-state index contributed by atoms with van der Waals surface area (Å²) in [4.78, 5) is 23.5. The van der Waals surface area contributed by atoms with Crippen LogP contribution >= 0.6 is 22.6 Å². The van der Waals surface area contributed by atoms with E-state index in [4.69, 9.17) is 4.74 Å². The van der Waals surface area contributed by atoms with Gasteiger partial charge in [0.05, 0.1) is 0 Å². The van der Waals surface area contributed by atoms with Crippen molar-refractivity contribution in [2.24, 2.45) is 0 Å². The molecule has 0 bridgehead atoms. The molecule has 0 aliphatic carbocycles. The number of hydrogen-bond acceptors (Lipinski definition) is 3. The van der Waals surface area contributed by atoms with Gasteiger partial charge in [0.1, 0.15) is 5.75 Å². The van der Waals surface area contributed by atoms with Crippen LogP contribution in [0.25, 0.3) is 0 Å². The Morgan fingerprint density at radius 2 is 1.86 bits per heavy atom. The summed E-state index contributed by atoms with van der Waals surface area (Å²) in [7, 11) is 0. The molecule has 0 unspecified atom stereocenters. The van der Waals surface area contributed by atoms with E-state index < -0.39 is 5.91 Å². The number of hydrogen-bond donors (Lipinski definition) is 2. The van der Waals surface area contributed by atoms with Crippen LogP contribution < -0.4 is 15.6 Å². The van der Waals surface area contributed by atoms with Crippen molar-refractivity contribution in [2.75, 3.05) is 6.61 Å². The Balaban J connectivity index is 1.79. The molecule has 0 saturated heterocycles. The summed E-state index contributed by atoms with van der Waals surface area (Å²) in [6.07, 6.45) is 0. The fraction of sp³-hybridized carbons (Fsp3) is 0.125. The van der Waals surface area contributed by atoms with Gasteiger partial charge in [0.15, 0.2) is 6.61 Å². The minimum Gasteiger partial charge on any atom is -0.484 e. The first kappa shape index (κ1) is 16.3. The second-order valence-electron chi connectivity index (χ2n) is 4.62. The molecule has 0 atom stereocenters. The van der Waals surface area contributed by atoms with Crippen LogP contribution in [0.4, 0.5) is 0 Å². The van der Waals surface area contributed by atoms with Gasteiger partial charge >= 0.3 is 0 Å². The predicted molar refractivity (Wildman–Crippen MR) is 91.4 cm³/mol. The summed E-state index contributed by atoms with van der Waals surface area (Å²) in [5, 5.41) is 0.